The van der Waals surface area contributed by atoms with Gasteiger partial charge in [0.2, 0.25) is 0 Å². The SMILES string of the molecule is CCOC(=O)C1(CC)CCCN2CCc3c([nH]c4ccccc34)C21C. The number of nitrogens with zero attached hydrogens (tertiary/aromatic N) is 1. The van der Waals surface area contributed by atoms with Crippen molar-refractivity contribution in [2.45, 2.75) is 52.0 Å². The Balaban J connectivity index is 1.96. The molecule has 25 heavy (non-hydrogen) atoms. The number of aromatic nitrogens is 1. The van der Waals surface area contributed by atoms with Gasteiger partial charge in [0, 0.05) is 23.1 Å². The van der Waals surface area contributed by atoms with Gasteiger partial charge in [-0.3, -0.25) is 9.69 Å². The number of benzene rings is 1. The minimum atomic E-state index is -0.489. The first-order valence-corrected chi connectivity index (χ1v) is 9.61. The van der Waals surface area contributed by atoms with Gasteiger partial charge in [-0.15, -0.1) is 0 Å². The molecule has 1 fully saturated rings. The molecule has 3 heterocycles. The van der Waals surface area contributed by atoms with Crippen molar-refractivity contribution in [3.8, 4) is 0 Å². The molecule has 134 valence electrons. The number of nitrogens with one attached hydrogen (secondary N) is 1. The molecule has 1 aromatic heterocycles. The van der Waals surface area contributed by atoms with Gasteiger partial charge in [0.15, 0.2) is 0 Å². The normalized spacial score (nSPS) is 29.2. The van der Waals surface area contributed by atoms with Crippen LogP contribution in [0.4, 0.5) is 0 Å². The molecular weight excluding hydrogens is 312 g/mol. The zero-order chi connectivity index (χ0) is 17.7. The van der Waals surface area contributed by atoms with Crippen LogP contribution >= 0.6 is 0 Å². The predicted molar refractivity (Wildman–Crippen MR) is 99.5 cm³/mol. The Labute approximate surface area is 149 Å². The zero-order valence-corrected chi connectivity index (χ0v) is 15.5. The lowest BCUT2D eigenvalue weighted by Crippen LogP contribution is -2.64. The van der Waals surface area contributed by atoms with E-state index >= 15 is 0 Å². The fraction of sp³-hybridized carbons (Fsp3) is 0.571. The van der Waals surface area contributed by atoms with E-state index in [1.54, 1.807) is 0 Å². The van der Waals surface area contributed by atoms with Crippen LogP contribution in [-0.4, -0.2) is 35.5 Å². The van der Waals surface area contributed by atoms with E-state index in [2.05, 4.69) is 48.0 Å². The van der Waals surface area contributed by atoms with Crippen molar-refractivity contribution < 1.29 is 9.53 Å². The van der Waals surface area contributed by atoms with Crippen molar-refractivity contribution in [1.29, 1.82) is 0 Å². The minimum Gasteiger partial charge on any atom is -0.466 e. The van der Waals surface area contributed by atoms with E-state index in [4.69, 9.17) is 4.74 Å². The number of hydrogen-bond acceptors (Lipinski definition) is 3. The number of rotatable bonds is 3. The van der Waals surface area contributed by atoms with Gasteiger partial charge in [-0.1, -0.05) is 25.1 Å². The van der Waals surface area contributed by atoms with Gasteiger partial charge in [-0.2, -0.15) is 0 Å². The van der Waals surface area contributed by atoms with Gasteiger partial charge in [0.05, 0.1) is 17.6 Å². The van der Waals surface area contributed by atoms with Gasteiger partial charge in [-0.25, -0.2) is 0 Å². The molecule has 2 aliphatic heterocycles. The van der Waals surface area contributed by atoms with Gasteiger partial charge in [0.1, 0.15) is 0 Å². The van der Waals surface area contributed by atoms with E-state index in [1.807, 2.05) is 6.92 Å². The van der Waals surface area contributed by atoms with Crippen molar-refractivity contribution in [3.63, 3.8) is 0 Å². The number of ether oxygens (including phenoxy) is 1. The highest BCUT2D eigenvalue weighted by Crippen LogP contribution is 2.56. The smallest absolute Gasteiger partial charge is 0.314 e. The van der Waals surface area contributed by atoms with E-state index < -0.39 is 5.41 Å². The highest BCUT2D eigenvalue weighted by Gasteiger charge is 2.61. The first-order chi connectivity index (χ1) is 12.1. The molecule has 0 aliphatic carbocycles. The molecule has 0 bridgehead atoms. The minimum absolute atomic E-state index is 0.0313. The van der Waals surface area contributed by atoms with Crippen molar-refractivity contribution in [3.05, 3.63) is 35.5 Å². The van der Waals surface area contributed by atoms with Crippen molar-refractivity contribution in [1.82, 2.24) is 9.88 Å². The van der Waals surface area contributed by atoms with Crippen molar-refractivity contribution in [2.24, 2.45) is 5.41 Å². The molecular formula is C21H28N2O2. The fourth-order valence-corrected chi connectivity index (χ4v) is 5.43. The maximum atomic E-state index is 13.2. The average molecular weight is 340 g/mol. The lowest BCUT2D eigenvalue weighted by molar-refractivity contribution is -0.176. The molecule has 4 nitrogen and oxygen atoms in total. The van der Waals surface area contributed by atoms with Gasteiger partial charge < -0.3 is 9.72 Å². The summed E-state index contributed by atoms with van der Waals surface area (Å²) < 4.78 is 5.60. The third kappa shape index (κ3) is 2.06. The number of esters is 1. The van der Waals surface area contributed by atoms with Crippen LogP contribution in [0.15, 0.2) is 24.3 Å². The standard InChI is InChI=1S/C21H28N2O2/c1-4-21(19(24)25-5-2)12-8-13-23-14-11-16-15-9-6-7-10-17(15)22-18(16)20(21,23)3/h6-7,9-10,22H,4-5,8,11-14H2,1-3H3. The number of para-hydroxylation sites is 1. The van der Waals surface area contributed by atoms with Crippen LogP contribution in [0.5, 0.6) is 0 Å². The molecule has 0 radical (unpaired) electrons. The summed E-state index contributed by atoms with van der Waals surface area (Å²) in [6, 6.07) is 8.51. The average Bonchev–Trinajstić information content (AvgIpc) is 3.01. The van der Waals surface area contributed by atoms with Crippen LogP contribution in [0.2, 0.25) is 0 Å². The number of fused-ring (bicyclic) bond motifs is 5. The molecule has 2 aromatic rings. The Morgan fingerprint density at radius 3 is 2.84 bits per heavy atom. The Hall–Kier alpha value is -1.81. The first kappa shape index (κ1) is 16.6. The zero-order valence-electron chi connectivity index (χ0n) is 15.5. The third-order valence-corrected chi connectivity index (χ3v) is 6.80. The summed E-state index contributed by atoms with van der Waals surface area (Å²) in [6.45, 7) is 8.80. The summed E-state index contributed by atoms with van der Waals surface area (Å²) in [6.07, 6.45) is 3.78. The maximum absolute atomic E-state index is 13.2. The lowest BCUT2D eigenvalue weighted by Gasteiger charge is -2.57. The number of H-pyrrole nitrogens is 1. The largest absolute Gasteiger partial charge is 0.466 e. The molecule has 1 N–H and O–H groups in total. The molecule has 2 unspecified atom stereocenters. The van der Waals surface area contributed by atoms with E-state index in [0.29, 0.717) is 6.61 Å². The molecule has 2 atom stereocenters. The summed E-state index contributed by atoms with van der Waals surface area (Å²) in [5.41, 5.74) is 2.97. The van der Waals surface area contributed by atoms with Gasteiger partial charge in [0.25, 0.3) is 0 Å². The molecule has 4 rings (SSSR count). The van der Waals surface area contributed by atoms with Crippen LogP contribution in [0.3, 0.4) is 0 Å². The monoisotopic (exact) mass is 340 g/mol. The highest BCUT2D eigenvalue weighted by atomic mass is 16.5. The number of aromatic amines is 1. The topological polar surface area (TPSA) is 45.3 Å². The summed E-state index contributed by atoms with van der Waals surface area (Å²) in [5.74, 6) is -0.0313. The molecule has 0 amide bonds. The van der Waals surface area contributed by atoms with E-state index in [-0.39, 0.29) is 11.5 Å². The summed E-state index contributed by atoms with van der Waals surface area (Å²) in [5, 5.41) is 1.30. The van der Waals surface area contributed by atoms with Crippen LogP contribution in [0.25, 0.3) is 10.9 Å². The fourth-order valence-electron chi connectivity index (χ4n) is 5.43. The molecule has 0 spiro atoms. The molecule has 4 heteroatoms. The van der Waals surface area contributed by atoms with E-state index in [0.717, 1.165) is 38.8 Å². The van der Waals surface area contributed by atoms with Crippen molar-refractivity contribution in [2.75, 3.05) is 19.7 Å². The number of carbonyl (C=O) groups is 1. The number of piperidine rings is 1. The Morgan fingerprint density at radius 1 is 1.28 bits per heavy atom. The second-order valence-electron chi connectivity index (χ2n) is 7.59. The Bertz CT molecular complexity index is 811. The van der Waals surface area contributed by atoms with E-state index in [1.165, 1.54) is 22.2 Å². The van der Waals surface area contributed by atoms with Crippen molar-refractivity contribution >= 4 is 16.9 Å². The van der Waals surface area contributed by atoms with Crippen LogP contribution < -0.4 is 0 Å². The molecule has 1 aromatic carbocycles. The quantitative estimate of drug-likeness (QED) is 0.859. The second-order valence-corrected chi connectivity index (χ2v) is 7.59. The first-order valence-electron chi connectivity index (χ1n) is 9.61. The predicted octanol–water partition coefficient (Wildman–Crippen LogP) is 3.99. The van der Waals surface area contributed by atoms with E-state index in [9.17, 15) is 4.79 Å². The Kier molecular flexibility index (Phi) is 3.91. The molecule has 2 aliphatic rings. The third-order valence-electron chi connectivity index (χ3n) is 6.80. The lowest BCUT2D eigenvalue weighted by atomic mass is 9.59. The van der Waals surface area contributed by atoms with Crippen LogP contribution in [0.1, 0.15) is 51.3 Å². The second kappa shape index (κ2) is 5.87. The summed E-state index contributed by atoms with van der Waals surface area (Å²) >= 11 is 0. The number of hydrogen-bond donors (Lipinski definition) is 1. The van der Waals surface area contributed by atoms with Gasteiger partial charge in [-0.05, 0) is 57.7 Å². The summed E-state index contributed by atoms with van der Waals surface area (Å²) in [7, 11) is 0. The van der Waals surface area contributed by atoms with Crippen LogP contribution in [-0.2, 0) is 21.5 Å². The summed E-state index contributed by atoms with van der Waals surface area (Å²) in [4.78, 5) is 19.4. The van der Waals surface area contributed by atoms with Gasteiger partial charge >= 0.3 is 5.97 Å². The highest BCUT2D eigenvalue weighted by molar-refractivity contribution is 5.87. The number of carbonyl (C=O) groups excluding carboxylic acids is 1. The molecule has 1 saturated heterocycles. The molecule has 0 saturated carbocycles. The maximum Gasteiger partial charge on any atom is 0.314 e. The Morgan fingerprint density at radius 2 is 2.08 bits per heavy atom. The van der Waals surface area contributed by atoms with Crippen LogP contribution in [0, 0.1) is 5.41 Å².